The predicted octanol–water partition coefficient (Wildman–Crippen LogP) is 2.67. The van der Waals surface area contributed by atoms with Gasteiger partial charge in [-0.25, -0.2) is 0 Å². The number of hydrogen-bond acceptors (Lipinski definition) is 3. The standard InChI is InChI=1S/C14H17N3O/c1-3-11(2)17-8-6-13(16-17)9-14(18)12-5-4-7-15-10-12/h4-8,10-11H,3,9H2,1-2H3. The van der Waals surface area contributed by atoms with Crippen LogP contribution in [0, 0.1) is 0 Å². The van der Waals surface area contributed by atoms with Crippen molar-refractivity contribution < 1.29 is 4.79 Å². The van der Waals surface area contributed by atoms with Gasteiger partial charge in [0.1, 0.15) is 0 Å². The molecular weight excluding hydrogens is 226 g/mol. The van der Waals surface area contributed by atoms with E-state index in [-0.39, 0.29) is 5.78 Å². The summed E-state index contributed by atoms with van der Waals surface area (Å²) in [5.41, 5.74) is 1.44. The minimum Gasteiger partial charge on any atom is -0.294 e. The number of pyridine rings is 1. The van der Waals surface area contributed by atoms with Crippen molar-refractivity contribution in [3.63, 3.8) is 0 Å². The first-order chi connectivity index (χ1) is 8.70. The van der Waals surface area contributed by atoms with Crippen LogP contribution in [0.5, 0.6) is 0 Å². The summed E-state index contributed by atoms with van der Waals surface area (Å²) in [6.45, 7) is 4.23. The van der Waals surface area contributed by atoms with Gasteiger partial charge in [0, 0.05) is 30.2 Å². The molecule has 2 aromatic rings. The van der Waals surface area contributed by atoms with Gasteiger partial charge >= 0.3 is 0 Å². The van der Waals surface area contributed by atoms with Crippen molar-refractivity contribution >= 4 is 5.78 Å². The summed E-state index contributed by atoms with van der Waals surface area (Å²) in [7, 11) is 0. The maximum absolute atomic E-state index is 12.0. The Labute approximate surface area is 107 Å². The van der Waals surface area contributed by atoms with E-state index in [0.717, 1.165) is 12.1 Å². The van der Waals surface area contributed by atoms with Crippen LogP contribution in [-0.4, -0.2) is 20.5 Å². The maximum Gasteiger partial charge on any atom is 0.170 e. The molecule has 1 atom stereocenters. The molecule has 0 aliphatic carbocycles. The molecule has 2 rings (SSSR count). The van der Waals surface area contributed by atoms with E-state index < -0.39 is 0 Å². The van der Waals surface area contributed by atoms with Crippen LogP contribution >= 0.6 is 0 Å². The van der Waals surface area contributed by atoms with Crippen LogP contribution in [0.2, 0.25) is 0 Å². The van der Waals surface area contributed by atoms with E-state index in [0.29, 0.717) is 18.0 Å². The molecule has 0 saturated heterocycles. The number of aromatic nitrogens is 3. The van der Waals surface area contributed by atoms with E-state index in [1.165, 1.54) is 0 Å². The number of Topliss-reactive ketones (excluding diaryl/α,β-unsaturated/α-hetero) is 1. The molecule has 0 aliphatic heterocycles. The molecule has 2 aromatic heterocycles. The van der Waals surface area contributed by atoms with Gasteiger partial charge in [0.25, 0.3) is 0 Å². The van der Waals surface area contributed by atoms with Crippen LogP contribution in [0.1, 0.15) is 42.4 Å². The highest BCUT2D eigenvalue weighted by atomic mass is 16.1. The predicted molar refractivity (Wildman–Crippen MR) is 69.5 cm³/mol. The average Bonchev–Trinajstić information content (AvgIpc) is 2.87. The average molecular weight is 243 g/mol. The second-order valence-electron chi connectivity index (χ2n) is 4.39. The van der Waals surface area contributed by atoms with Crippen molar-refractivity contribution in [1.82, 2.24) is 14.8 Å². The summed E-state index contributed by atoms with van der Waals surface area (Å²) in [4.78, 5) is 15.9. The molecule has 1 unspecified atom stereocenters. The molecule has 0 aromatic carbocycles. The second kappa shape index (κ2) is 5.58. The first-order valence-electron chi connectivity index (χ1n) is 6.18. The Bertz CT molecular complexity index is 519. The second-order valence-corrected chi connectivity index (χ2v) is 4.39. The van der Waals surface area contributed by atoms with Gasteiger partial charge in [-0.1, -0.05) is 6.92 Å². The van der Waals surface area contributed by atoms with Crippen molar-refractivity contribution in [3.05, 3.63) is 48.0 Å². The van der Waals surface area contributed by atoms with Gasteiger partial charge in [-0.15, -0.1) is 0 Å². The molecule has 18 heavy (non-hydrogen) atoms. The van der Waals surface area contributed by atoms with Gasteiger partial charge in [-0.05, 0) is 31.5 Å². The van der Waals surface area contributed by atoms with Gasteiger partial charge in [0.2, 0.25) is 0 Å². The van der Waals surface area contributed by atoms with E-state index in [1.807, 2.05) is 16.9 Å². The van der Waals surface area contributed by atoms with Crippen LogP contribution in [0.3, 0.4) is 0 Å². The van der Waals surface area contributed by atoms with Crippen molar-refractivity contribution in [2.24, 2.45) is 0 Å². The Morgan fingerprint density at radius 3 is 2.94 bits per heavy atom. The zero-order valence-corrected chi connectivity index (χ0v) is 10.7. The van der Waals surface area contributed by atoms with Crippen LogP contribution in [0.15, 0.2) is 36.8 Å². The zero-order valence-electron chi connectivity index (χ0n) is 10.7. The van der Waals surface area contributed by atoms with E-state index >= 15 is 0 Å². The quantitative estimate of drug-likeness (QED) is 0.758. The van der Waals surface area contributed by atoms with Crippen molar-refractivity contribution in [3.8, 4) is 0 Å². The molecule has 0 N–H and O–H groups in total. The fourth-order valence-corrected chi connectivity index (χ4v) is 1.70. The summed E-state index contributed by atoms with van der Waals surface area (Å²) in [6, 6.07) is 5.82. The van der Waals surface area contributed by atoms with Crippen LogP contribution in [-0.2, 0) is 6.42 Å². The van der Waals surface area contributed by atoms with Gasteiger partial charge < -0.3 is 0 Å². The largest absolute Gasteiger partial charge is 0.294 e. The molecular formula is C14H17N3O. The number of carbonyl (C=O) groups is 1. The third-order valence-corrected chi connectivity index (χ3v) is 3.03. The third kappa shape index (κ3) is 2.83. The minimum atomic E-state index is 0.0532. The smallest absolute Gasteiger partial charge is 0.170 e. The van der Waals surface area contributed by atoms with E-state index in [9.17, 15) is 4.79 Å². The van der Waals surface area contributed by atoms with Gasteiger partial charge in [-0.3, -0.25) is 14.5 Å². The molecule has 0 aliphatic rings. The lowest BCUT2D eigenvalue weighted by atomic mass is 10.1. The lowest BCUT2D eigenvalue weighted by Gasteiger charge is -2.07. The topological polar surface area (TPSA) is 47.8 Å². The lowest BCUT2D eigenvalue weighted by Crippen LogP contribution is -2.08. The van der Waals surface area contributed by atoms with Gasteiger partial charge in [0.05, 0.1) is 12.1 Å². The molecule has 0 radical (unpaired) electrons. The molecule has 0 bridgehead atoms. The highest BCUT2D eigenvalue weighted by molar-refractivity contribution is 5.96. The number of ketones is 1. The summed E-state index contributed by atoms with van der Waals surface area (Å²) >= 11 is 0. The van der Waals surface area contributed by atoms with Crippen LogP contribution in [0.25, 0.3) is 0 Å². The lowest BCUT2D eigenvalue weighted by molar-refractivity contribution is 0.0991. The summed E-state index contributed by atoms with van der Waals surface area (Å²) in [6.07, 6.45) is 6.54. The molecule has 4 heteroatoms. The Balaban J connectivity index is 2.06. The minimum absolute atomic E-state index is 0.0532. The van der Waals surface area contributed by atoms with Gasteiger partial charge in [-0.2, -0.15) is 5.10 Å². The molecule has 0 amide bonds. The number of rotatable bonds is 5. The van der Waals surface area contributed by atoms with E-state index in [1.54, 1.807) is 24.5 Å². The molecule has 0 fully saturated rings. The Morgan fingerprint density at radius 2 is 2.28 bits per heavy atom. The van der Waals surface area contributed by atoms with Crippen molar-refractivity contribution in [2.45, 2.75) is 32.7 Å². The van der Waals surface area contributed by atoms with Gasteiger partial charge in [0.15, 0.2) is 5.78 Å². The summed E-state index contributed by atoms with van der Waals surface area (Å²) in [5.74, 6) is 0.0532. The highest BCUT2D eigenvalue weighted by Gasteiger charge is 2.10. The van der Waals surface area contributed by atoms with Crippen LogP contribution in [0.4, 0.5) is 0 Å². The molecule has 2 heterocycles. The third-order valence-electron chi connectivity index (χ3n) is 3.03. The zero-order chi connectivity index (χ0) is 13.0. The van der Waals surface area contributed by atoms with Crippen LogP contribution < -0.4 is 0 Å². The Hall–Kier alpha value is -1.97. The normalized spacial score (nSPS) is 12.3. The molecule has 0 saturated carbocycles. The number of carbonyl (C=O) groups excluding carboxylic acids is 1. The van der Waals surface area contributed by atoms with E-state index in [4.69, 9.17) is 0 Å². The number of nitrogens with zero attached hydrogens (tertiary/aromatic N) is 3. The summed E-state index contributed by atoms with van der Waals surface area (Å²) < 4.78 is 1.91. The maximum atomic E-state index is 12.0. The fourth-order valence-electron chi connectivity index (χ4n) is 1.70. The molecule has 4 nitrogen and oxygen atoms in total. The molecule has 94 valence electrons. The van der Waals surface area contributed by atoms with E-state index in [2.05, 4.69) is 23.9 Å². The first-order valence-corrected chi connectivity index (χ1v) is 6.18. The fraction of sp³-hybridized carbons (Fsp3) is 0.357. The Morgan fingerprint density at radius 1 is 1.44 bits per heavy atom. The summed E-state index contributed by atoms with van der Waals surface area (Å²) in [5, 5.41) is 4.42. The van der Waals surface area contributed by atoms with Crippen molar-refractivity contribution in [1.29, 1.82) is 0 Å². The van der Waals surface area contributed by atoms with Crippen molar-refractivity contribution in [2.75, 3.05) is 0 Å². The number of hydrogen-bond donors (Lipinski definition) is 0. The highest BCUT2D eigenvalue weighted by Crippen LogP contribution is 2.10. The first kappa shape index (κ1) is 12.5. The Kier molecular flexibility index (Phi) is 3.87. The SMILES string of the molecule is CCC(C)n1ccc(CC(=O)c2cccnc2)n1. The monoisotopic (exact) mass is 243 g/mol. The molecule has 0 spiro atoms.